The standard InChI is InChI=1S/C13H15Cl2NO/c1-8-5-10(8)13(17)16(2)7-9-3-4-11(14)12(15)6-9/h3-4,6,8,10H,5,7H2,1-2H3. The van der Waals surface area contributed by atoms with E-state index in [0.717, 1.165) is 12.0 Å². The van der Waals surface area contributed by atoms with Crippen LogP contribution in [0.5, 0.6) is 0 Å². The van der Waals surface area contributed by atoms with Gasteiger partial charge in [-0.1, -0.05) is 36.2 Å². The summed E-state index contributed by atoms with van der Waals surface area (Å²) in [5.41, 5.74) is 1.00. The molecule has 2 unspecified atom stereocenters. The fourth-order valence-corrected chi connectivity index (χ4v) is 2.26. The van der Waals surface area contributed by atoms with Gasteiger partial charge >= 0.3 is 0 Å². The second kappa shape index (κ2) is 4.87. The molecule has 2 atom stereocenters. The zero-order valence-corrected chi connectivity index (χ0v) is 11.4. The van der Waals surface area contributed by atoms with Gasteiger partial charge in [-0.3, -0.25) is 4.79 Å². The van der Waals surface area contributed by atoms with E-state index in [1.54, 1.807) is 11.0 Å². The summed E-state index contributed by atoms with van der Waals surface area (Å²) in [7, 11) is 1.83. The van der Waals surface area contributed by atoms with Crippen molar-refractivity contribution >= 4 is 29.1 Å². The van der Waals surface area contributed by atoms with Crippen LogP contribution in [-0.2, 0) is 11.3 Å². The van der Waals surface area contributed by atoms with Crippen molar-refractivity contribution < 1.29 is 4.79 Å². The van der Waals surface area contributed by atoms with E-state index >= 15 is 0 Å². The Morgan fingerprint density at radius 2 is 2.06 bits per heavy atom. The maximum absolute atomic E-state index is 11.9. The Morgan fingerprint density at radius 1 is 1.41 bits per heavy atom. The van der Waals surface area contributed by atoms with E-state index in [9.17, 15) is 4.79 Å². The molecule has 0 aliphatic heterocycles. The third kappa shape index (κ3) is 2.93. The molecule has 1 aliphatic carbocycles. The number of rotatable bonds is 3. The molecular formula is C13H15Cl2NO. The van der Waals surface area contributed by atoms with Crippen molar-refractivity contribution in [3.05, 3.63) is 33.8 Å². The second-order valence-corrected chi connectivity index (χ2v) is 5.58. The van der Waals surface area contributed by atoms with Crippen LogP contribution in [0.4, 0.5) is 0 Å². The largest absolute Gasteiger partial charge is 0.341 e. The molecule has 2 rings (SSSR count). The molecule has 0 heterocycles. The molecule has 92 valence electrons. The first-order valence-corrected chi connectivity index (χ1v) is 6.43. The summed E-state index contributed by atoms with van der Waals surface area (Å²) in [4.78, 5) is 13.7. The van der Waals surface area contributed by atoms with Crippen molar-refractivity contribution in [2.75, 3.05) is 7.05 Å². The first-order valence-electron chi connectivity index (χ1n) is 5.68. The van der Waals surface area contributed by atoms with Gasteiger partial charge in [0, 0.05) is 19.5 Å². The Morgan fingerprint density at radius 3 is 2.59 bits per heavy atom. The van der Waals surface area contributed by atoms with E-state index in [1.807, 2.05) is 19.2 Å². The number of carbonyl (C=O) groups is 1. The third-order valence-electron chi connectivity index (χ3n) is 3.21. The van der Waals surface area contributed by atoms with E-state index in [4.69, 9.17) is 23.2 Å². The minimum Gasteiger partial charge on any atom is -0.341 e. The van der Waals surface area contributed by atoms with Crippen LogP contribution in [0.3, 0.4) is 0 Å². The van der Waals surface area contributed by atoms with Crippen LogP contribution in [-0.4, -0.2) is 17.9 Å². The number of carbonyl (C=O) groups excluding carboxylic acids is 1. The Balaban J connectivity index is 2.00. The van der Waals surface area contributed by atoms with Crippen LogP contribution in [0.1, 0.15) is 18.9 Å². The predicted octanol–water partition coefficient (Wildman–Crippen LogP) is 3.61. The molecule has 0 radical (unpaired) electrons. The number of hydrogen-bond acceptors (Lipinski definition) is 1. The van der Waals surface area contributed by atoms with Crippen LogP contribution in [0, 0.1) is 11.8 Å². The maximum Gasteiger partial charge on any atom is 0.226 e. The van der Waals surface area contributed by atoms with Gasteiger partial charge in [-0.25, -0.2) is 0 Å². The molecule has 1 aromatic rings. The van der Waals surface area contributed by atoms with Crippen molar-refractivity contribution in [3.63, 3.8) is 0 Å². The van der Waals surface area contributed by atoms with E-state index in [-0.39, 0.29) is 11.8 Å². The van der Waals surface area contributed by atoms with Gasteiger partial charge < -0.3 is 4.90 Å². The molecule has 2 nitrogen and oxygen atoms in total. The lowest BCUT2D eigenvalue weighted by Gasteiger charge is -2.17. The smallest absolute Gasteiger partial charge is 0.226 e. The Hall–Kier alpha value is -0.730. The minimum absolute atomic E-state index is 0.225. The number of hydrogen-bond donors (Lipinski definition) is 0. The molecule has 0 bridgehead atoms. The number of benzene rings is 1. The zero-order valence-electron chi connectivity index (χ0n) is 9.91. The lowest BCUT2D eigenvalue weighted by Crippen LogP contribution is -2.28. The summed E-state index contributed by atoms with van der Waals surface area (Å²) < 4.78 is 0. The van der Waals surface area contributed by atoms with Gasteiger partial charge in [0.15, 0.2) is 0 Å². The quantitative estimate of drug-likeness (QED) is 0.823. The third-order valence-corrected chi connectivity index (χ3v) is 3.95. The van der Waals surface area contributed by atoms with Gasteiger partial charge in [-0.2, -0.15) is 0 Å². The first kappa shape index (κ1) is 12.7. The molecular weight excluding hydrogens is 257 g/mol. The Kier molecular flexibility index (Phi) is 3.64. The molecule has 0 saturated heterocycles. The molecule has 1 fully saturated rings. The summed E-state index contributed by atoms with van der Waals surface area (Å²) in [6.07, 6.45) is 1.02. The van der Waals surface area contributed by atoms with E-state index < -0.39 is 0 Å². The van der Waals surface area contributed by atoms with Crippen molar-refractivity contribution in [1.82, 2.24) is 4.90 Å². The van der Waals surface area contributed by atoms with E-state index in [2.05, 4.69) is 6.92 Å². The van der Waals surface area contributed by atoms with Crippen molar-refractivity contribution in [1.29, 1.82) is 0 Å². The van der Waals surface area contributed by atoms with E-state index in [1.165, 1.54) is 0 Å². The average Bonchev–Trinajstić information content (AvgIpc) is 3.00. The lowest BCUT2D eigenvalue weighted by atomic mass is 10.2. The fourth-order valence-electron chi connectivity index (χ4n) is 1.94. The van der Waals surface area contributed by atoms with Crippen LogP contribution >= 0.6 is 23.2 Å². The highest BCUT2D eigenvalue weighted by Crippen LogP contribution is 2.39. The Labute approximate surface area is 112 Å². The highest BCUT2D eigenvalue weighted by molar-refractivity contribution is 6.42. The first-order chi connectivity index (χ1) is 7.99. The van der Waals surface area contributed by atoms with Crippen LogP contribution in [0.25, 0.3) is 0 Å². The molecule has 0 aromatic heterocycles. The molecule has 0 N–H and O–H groups in total. The Bertz CT molecular complexity index is 447. The number of halogens is 2. The summed E-state index contributed by atoms with van der Waals surface area (Å²) in [5.74, 6) is 0.991. The van der Waals surface area contributed by atoms with Crippen molar-refractivity contribution in [2.24, 2.45) is 11.8 Å². The number of amides is 1. The summed E-state index contributed by atoms with van der Waals surface area (Å²) in [6, 6.07) is 5.47. The molecule has 1 amide bonds. The summed E-state index contributed by atoms with van der Waals surface area (Å²) in [5, 5.41) is 1.07. The molecule has 4 heteroatoms. The fraction of sp³-hybridized carbons (Fsp3) is 0.462. The lowest BCUT2D eigenvalue weighted by molar-refractivity contribution is -0.132. The molecule has 0 spiro atoms. The van der Waals surface area contributed by atoms with Crippen LogP contribution in [0.15, 0.2) is 18.2 Å². The van der Waals surface area contributed by atoms with Gasteiger partial charge in [0.2, 0.25) is 5.91 Å². The predicted molar refractivity (Wildman–Crippen MR) is 70.2 cm³/mol. The van der Waals surface area contributed by atoms with Crippen LogP contribution in [0.2, 0.25) is 10.0 Å². The average molecular weight is 272 g/mol. The van der Waals surface area contributed by atoms with Gasteiger partial charge in [0.25, 0.3) is 0 Å². The van der Waals surface area contributed by atoms with Gasteiger partial charge in [0.05, 0.1) is 10.0 Å². The molecule has 1 aliphatic rings. The van der Waals surface area contributed by atoms with Gasteiger partial charge in [-0.05, 0) is 30.0 Å². The zero-order chi connectivity index (χ0) is 12.6. The SMILES string of the molecule is CC1CC1C(=O)N(C)Cc1ccc(Cl)c(Cl)c1. The highest BCUT2D eigenvalue weighted by atomic mass is 35.5. The summed E-state index contributed by atoms with van der Waals surface area (Å²) >= 11 is 11.8. The molecule has 17 heavy (non-hydrogen) atoms. The van der Waals surface area contributed by atoms with Gasteiger partial charge in [-0.15, -0.1) is 0 Å². The topological polar surface area (TPSA) is 20.3 Å². The second-order valence-electron chi connectivity index (χ2n) is 4.76. The van der Waals surface area contributed by atoms with Crippen molar-refractivity contribution in [3.8, 4) is 0 Å². The maximum atomic E-state index is 11.9. The monoisotopic (exact) mass is 271 g/mol. The highest BCUT2D eigenvalue weighted by Gasteiger charge is 2.40. The molecule has 1 saturated carbocycles. The minimum atomic E-state index is 0.225. The van der Waals surface area contributed by atoms with Crippen LogP contribution < -0.4 is 0 Å². The van der Waals surface area contributed by atoms with Crippen molar-refractivity contribution in [2.45, 2.75) is 19.9 Å². The van der Waals surface area contributed by atoms with E-state index in [0.29, 0.717) is 22.5 Å². The molecule has 1 aromatic carbocycles. The van der Waals surface area contributed by atoms with Gasteiger partial charge in [0.1, 0.15) is 0 Å². The summed E-state index contributed by atoms with van der Waals surface area (Å²) in [6.45, 7) is 2.69. The normalized spacial score (nSPS) is 22.4. The number of nitrogens with zero attached hydrogens (tertiary/aromatic N) is 1.